The zero-order chi connectivity index (χ0) is 26.3. The number of primary amides is 6. The van der Waals surface area contributed by atoms with Crippen LogP contribution in [0.4, 0.5) is 0 Å². The van der Waals surface area contributed by atoms with Gasteiger partial charge in [0.1, 0.15) is 0 Å². The van der Waals surface area contributed by atoms with E-state index in [0.717, 1.165) is 0 Å². The molecule has 0 saturated carbocycles. The highest BCUT2D eigenvalue weighted by molar-refractivity contribution is 5.98. The number of amides is 6. The Morgan fingerprint density at radius 1 is 0.471 bits per heavy atom. The van der Waals surface area contributed by atoms with Gasteiger partial charge in [-0.3, -0.25) is 28.8 Å². The quantitative estimate of drug-likeness (QED) is 0.256. The first-order valence-corrected chi connectivity index (χ1v) is 9.81. The van der Waals surface area contributed by atoms with Gasteiger partial charge in [0.05, 0.1) is 0 Å². The normalized spacial score (nSPS) is 9.29. The molecule has 0 radical (unpaired) electrons. The number of benzene rings is 2. The van der Waals surface area contributed by atoms with Gasteiger partial charge in [-0.25, -0.2) is 0 Å². The predicted molar refractivity (Wildman–Crippen MR) is 124 cm³/mol. The molecule has 12 heteroatoms. The van der Waals surface area contributed by atoms with Crippen LogP contribution in [0.2, 0.25) is 0 Å². The zero-order valence-corrected chi connectivity index (χ0v) is 18.4. The molecule has 2 rings (SSSR count). The Labute approximate surface area is 195 Å². The summed E-state index contributed by atoms with van der Waals surface area (Å²) in [5, 5.41) is 0. The van der Waals surface area contributed by atoms with E-state index in [1.807, 2.05) is 0 Å². The topological polar surface area (TPSA) is 259 Å². The zero-order valence-electron chi connectivity index (χ0n) is 18.4. The van der Waals surface area contributed by atoms with Gasteiger partial charge in [0.15, 0.2) is 0 Å². The maximum atomic E-state index is 10.6. The lowest BCUT2D eigenvalue weighted by molar-refractivity contribution is -0.119. The van der Waals surface area contributed by atoms with Crippen molar-refractivity contribution in [3.63, 3.8) is 0 Å². The third kappa shape index (κ3) is 12.8. The minimum absolute atomic E-state index is 0.284. The van der Waals surface area contributed by atoms with Crippen molar-refractivity contribution in [3.05, 3.63) is 70.8 Å². The highest BCUT2D eigenvalue weighted by Gasteiger charge is 2.04. The Balaban J connectivity index is 0.000000484. The number of carbonyl (C=O) groups is 6. The highest BCUT2D eigenvalue weighted by Crippen LogP contribution is 2.03. The fourth-order valence-electron chi connectivity index (χ4n) is 2.22. The Bertz CT molecular complexity index is 958. The van der Waals surface area contributed by atoms with Gasteiger partial charge in [-0.1, -0.05) is 6.07 Å². The van der Waals surface area contributed by atoms with Crippen molar-refractivity contribution in [2.24, 2.45) is 34.4 Å². The third-order valence-electron chi connectivity index (χ3n) is 3.98. The van der Waals surface area contributed by atoms with Gasteiger partial charge in [-0.2, -0.15) is 0 Å². The molecule has 34 heavy (non-hydrogen) atoms. The van der Waals surface area contributed by atoms with Gasteiger partial charge in [-0.15, -0.1) is 0 Å². The van der Waals surface area contributed by atoms with Crippen LogP contribution in [0.3, 0.4) is 0 Å². The summed E-state index contributed by atoms with van der Waals surface area (Å²) < 4.78 is 0. The average molecular weight is 473 g/mol. The Morgan fingerprint density at radius 2 is 0.765 bits per heavy atom. The number of carbonyl (C=O) groups excluding carboxylic acids is 6. The van der Waals surface area contributed by atoms with Crippen LogP contribution in [-0.2, 0) is 9.59 Å². The predicted octanol–water partition coefficient (Wildman–Crippen LogP) is -0.714. The molecule has 0 atom stereocenters. The van der Waals surface area contributed by atoms with Crippen LogP contribution >= 0.6 is 0 Å². The molecule has 12 N–H and O–H groups in total. The molecule has 2 aromatic carbocycles. The molecule has 0 aromatic heterocycles. The summed E-state index contributed by atoms with van der Waals surface area (Å²) in [4.78, 5) is 62.8. The molecule has 2 aromatic rings. The van der Waals surface area contributed by atoms with Crippen LogP contribution in [0, 0.1) is 0 Å². The van der Waals surface area contributed by atoms with Crippen molar-refractivity contribution in [1.82, 2.24) is 0 Å². The lowest BCUT2D eigenvalue weighted by atomic mass is 10.1. The molecule has 6 amide bonds. The fraction of sp³-hybridized carbons (Fsp3) is 0.182. The summed E-state index contributed by atoms with van der Waals surface area (Å²) in [5.74, 6) is -2.85. The van der Waals surface area contributed by atoms with Gasteiger partial charge in [0.2, 0.25) is 35.4 Å². The Kier molecular flexibility index (Phi) is 13.0. The van der Waals surface area contributed by atoms with Crippen molar-refractivity contribution in [3.8, 4) is 0 Å². The first-order chi connectivity index (χ1) is 15.8. The van der Waals surface area contributed by atoms with E-state index in [4.69, 9.17) is 34.4 Å². The summed E-state index contributed by atoms with van der Waals surface area (Å²) in [6.45, 7) is 0. The molecule has 0 fully saturated rings. The van der Waals surface area contributed by atoms with Crippen LogP contribution in [0.15, 0.2) is 48.5 Å². The van der Waals surface area contributed by atoms with E-state index in [2.05, 4.69) is 0 Å². The molecule has 0 saturated heterocycles. The second kappa shape index (κ2) is 15.1. The van der Waals surface area contributed by atoms with E-state index in [1.165, 1.54) is 42.5 Å². The molecule has 0 aliphatic heterocycles. The summed E-state index contributed by atoms with van der Waals surface area (Å²) in [6, 6.07) is 11.8. The van der Waals surface area contributed by atoms with Gasteiger partial charge in [0.25, 0.3) is 0 Å². The largest absolute Gasteiger partial charge is 0.370 e. The molecule has 182 valence electrons. The van der Waals surface area contributed by atoms with Crippen LogP contribution in [0.5, 0.6) is 0 Å². The second-order valence-corrected chi connectivity index (χ2v) is 6.75. The number of unbranched alkanes of at least 4 members (excludes halogenated alkanes) is 1. The monoisotopic (exact) mass is 472 g/mol. The maximum absolute atomic E-state index is 10.6. The first-order valence-electron chi connectivity index (χ1n) is 9.81. The van der Waals surface area contributed by atoms with E-state index >= 15 is 0 Å². The van der Waals surface area contributed by atoms with Crippen molar-refractivity contribution >= 4 is 35.4 Å². The van der Waals surface area contributed by atoms with Gasteiger partial charge >= 0.3 is 0 Å². The lowest BCUT2D eigenvalue weighted by Crippen LogP contribution is -2.14. The van der Waals surface area contributed by atoms with E-state index in [1.54, 1.807) is 6.07 Å². The van der Waals surface area contributed by atoms with Crippen molar-refractivity contribution < 1.29 is 28.8 Å². The molecule has 0 unspecified atom stereocenters. The van der Waals surface area contributed by atoms with Crippen LogP contribution < -0.4 is 34.4 Å². The summed E-state index contributed by atoms with van der Waals surface area (Å²) in [5.41, 5.74) is 31.0. The van der Waals surface area contributed by atoms with Crippen LogP contribution in [0.25, 0.3) is 0 Å². The van der Waals surface area contributed by atoms with Crippen molar-refractivity contribution in [2.45, 2.75) is 25.7 Å². The number of hydrogen-bond donors (Lipinski definition) is 6. The Hall–Kier alpha value is -4.74. The Morgan fingerprint density at radius 3 is 1.00 bits per heavy atom. The van der Waals surface area contributed by atoms with E-state index in [-0.39, 0.29) is 22.9 Å². The molecule has 0 spiro atoms. The van der Waals surface area contributed by atoms with Crippen molar-refractivity contribution in [2.75, 3.05) is 0 Å². The van der Waals surface area contributed by atoms with Crippen molar-refractivity contribution in [1.29, 1.82) is 0 Å². The molecule has 0 bridgehead atoms. The number of hydrogen-bond acceptors (Lipinski definition) is 6. The molecular weight excluding hydrogens is 444 g/mol. The average Bonchev–Trinajstić information content (AvgIpc) is 2.77. The van der Waals surface area contributed by atoms with E-state index < -0.39 is 23.6 Å². The number of nitrogens with two attached hydrogens (primary N) is 6. The first kappa shape index (κ1) is 29.3. The molecule has 0 aliphatic rings. The summed E-state index contributed by atoms with van der Waals surface area (Å²) in [6.07, 6.45) is 1.98. The van der Waals surface area contributed by atoms with Gasteiger partial charge in [0, 0.05) is 35.1 Å². The minimum atomic E-state index is -0.571. The van der Waals surface area contributed by atoms with Crippen LogP contribution in [-0.4, -0.2) is 35.4 Å². The summed E-state index contributed by atoms with van der Waals surface area (Å²) in [7, 11) is 0. The van der Waals surface area contributed by atoms with E-state index in [0.29, 0.717) is 36.8 Å². The molecule has 12 nitrogen and oxygen atoms in total. The molecular formula is C22H28N6O6. The SMILES string of the molecule is NC(=O)CCCCC(N)=O.NC(=O)c1ccc(C(N)=O)cc1.NC(=O)c1cccc(C(N)=O)c1. The standard InChI is InChI=1S/2C8H8N2O2.C6H12N2O2/c9-7(11)5-1-2-6(4-3-5)8(10)12;9-7(11)5-2-1-3-6(4-5)8(10)12;7-5(9)3-1-2-4-6(8)10/h2*1-4H,(H2,9,11)(H2,10,12);1-4H2,(H2,7,9)(H2,8,10). The lowest BCUT2D eigenvalue weighted by Gasteiger charge is -1.97. The molecule has 0 heterocycles. The number of rotatable bonds is 9. The highest BCUT2D eigenvalue weighted by atomic mass is 16.2. The smallest absolute Gasteiger partial charge is 0.248 e. The van der Waals surface area contributed by atoms with E-state index in [9.17, 15) is 28.8 Å². The van der Waals surface area contributed by atoms with Gasteiger partial charge < -0.3 is 34.4 Å². The minimum Gasteiger partial charge on any atom is -0.370 e. The maximum Gasteiger partial charge on any atom is 0.248 e. The van der Waals surface area contributed by atoms with Crippen LogP contribution in [0.1, 0.15) is 67.1 Å². The van der Waals surface area contributed by atoms with Gasteiger partial charge in [-0.05, 0) is 55.3 Å². The fourth-order valence-corrected chi connectivity index (χ4v) is 2.22. The molecule has 0 aliphatic carbocycles. The third-order valence-corrected chi connectivity index (χ3v) is 3.98. The summed E-state index contributed by atoms with van der Waals surface area (Å²) >= 11 is 0. The second-order valence-electron chi connectivity index (χ2n) is 6.75.